The van der Waals surface area contributed by atoms with E-state index in [1.54, 1.807) is 30.1 Å². The van der Waals surface area contributed by atoms with Crippen LogP contribution in [-0.4, -0.2) is 20.7 Å². The molecule has 0 aliphatic rings. The van der Waals surface area contributed by atoms with Gasteiger partial charge < -0.3 is 0 Å². The van der Waals surface area contributed by atoms with E-state index >= 15 is 0 Å². The molecule has 2 aromatic rings. The van der Waals surface area contributed by atoms with Crippen molar-refractivity contribution in [2.24, 2.45) is 12.9 Å². The molecule has 3 N–H and O–H groups in total. The summed E-state index contributed by atoms with van der Waals surface area (Å²) >= 11 is 1.40. The van der Waals surface area contributed by atoms with Gasteiger partial charge in [-0.3, -0.25) is 16.0 Å². The molecule has 0 spiro atoms. The van der Waals surface area contributed by atoms with Gasteiger partial charge in [0, 0.05) is 17.7 Å². The number of hydrogen-bond donors (Lipinski definition) is 2. The van der Waals surface area contributed by atoms with Crippen LogP contribution in [-0.2, 0) is 7.05 Å². The van der Waals surface area contributed by atoms with E-state index < -0.39 is 0 Å². The quantitative estimate of drug-likeness (QED) is 0.485. The Balaban J connectivity index is 2.05. The third-order valence-electron chi connectivity index (χ3n) is 2.55. The van der Waals surface area contributed by atoms with Crippen LogP contribution in [0.15, 0.2) is 35.4 Å². The number of halogens is 1. The van der Waals surface area contributed by atoms with E-state index in [-0.39, 0.29) is 11.9 Å². The molecule has 0 saturated heterocycles. The molecular weight excluding hydrogens is 253 g/mol. The zero-order chi connectivity index (χ0) is 13.0. The summed E-state index contributed by atoms with van der Waals surface area (Å²) in [6.45, 7) is 0. The number of rotatable bonds is 5. The van der Waals surface area contributed by atoms with Crippen LogP contribution in [0.25, 0.3) is 0 Å². The second-order valence-corrected chi connectivity index (χ2v) is 4.80. The lowest BCUT2D eigenvalue weighted by molar-refractivity contribution is 0.550. The van der Waals surface area contributed by atoms with Crippen molar-refractivity contribution in [2.75, 3.05) is 5.75 Å². The lowest BCUT2D eigenvalue weighted by atomic mass is 10.3. The van der Waals surface area contributed by atoms with E-state index in [0.29, 0.717) is 10.6 Å². The van der Waals surface area contributed by atoms with E-state index in [4.69, 9.17) is 5.84 Å². The minimum Gasteiger partial charge on any atom is -0.271 e. The van der Waals surface area contributed by atoms with Gasteiger partial charge >= 0.3 is 0 Å². The van der Waals surface area contributed by atoms with Crippen molar-refractivity contribution in [1.82, 2.24) is 20.4 Å². The van der Waals surface area contributed by atoms with E-state index in [0.717, 1.165) is 5.69 Å². The highest BCUT2D eigenvalue weighted by Crippen LogP contribution is 2.25. The highest BCUT2D eigenvalue weighted by molar-refractivity contribution is 7.99. The van der Waals surface area contributed by atoms with E-state index in [9.17, 15) is 4.39 Å². The fraction of sp³-hybridized carbons (Fsp3) is 0.273. The van der Waals surface area contributed by atoms with Gasteiger partial charge in [-0.25, -0.2) is 4.39 Å². The van der Waals surface area contributed by atoms with E-state index in [2.05, 4.69) is 15.7 Å². The Labute approximate surface area is 109 Å². The van der Waals surface area contributed by atoms with Gasteiger partial charge in [-0.15, -0.1) is 16.9 Å². The summed E-state index contributed by atoms with van der Waals surface area (Å²) in [6.07, 6.45) is 1.65. The zero-order valence-electron chi connectivity index (χ0n) is 9.88. The predicted molar refractivity (Wildman–Crippen MR) is 68.2 cm³/mol. The van der Waals surface area contributed by atoms with Crippen LogP contribution in [0.2, 0.25) is 0 Å². The smallest absolute Gasteiger partial charge is 0.136 e. The molecule has 0 radical (unpaired) electrons. The minimum absolute atomic E-state index is 0.130. The molecule has 18 heavy (non-hydrogen) atoms. The van der Waals surface area contributed by atoms with Crippen molar-refractivity contribution in [3.05, 3.63) is 42.0 Å². The Hall–Kier alpha value is -1.44. The molecule has 0 aliphatic heterocycles. The first-order valence-corrected chi connectivity index (χ1v) is 6.39. The van der Waals surface area contributed by atoms with Crippen LogP contribution < -0.4 is 11.3 Å². The van der Waals surface area contributed by atoms with Crippen molar-refractivity contribution in [3.8, 4) is 0 Å². The molecule has 0 bridgehead atoms. The lowest BCUT2D eigenvalue weighted by Crippen LogP contribution is -2.31. The van der Waals surface area contributed by atoms with Crippen molar-refractivity contribution >= 4 is 11.8 Å². The molecule has 1 atom stereocenters. The summed E-state index contributed by atoms with van der Waals surface area (Å²) in [6, 6.07) is 6.54. The maximum Gasteiger partial charge on any atom is 0.136 e. The standard InChI is InChI=1S/C11H14FN5S/c1-17-10(6-14-16-17)9(15-13)7-18-11-5-3-2-4-8(11)12/h2-6,9,15H,7,13H2,1H3. The van der Waals surface area contributed by atoms with Crippen LogP contribution in [0.4, 0.5) is 4.39 Å². The second-order valence-electron chi connectivity index (χ2n) is 3.74. The first-order valence-electron chi connectivity index (χ1n) is 5.40. The van der Waals surface area contributed by atoms with Crippen molar-refractivity contribution in [1.29, 1.82) is 0 Å². The number of aryl methyl sites for hydroxylation is 1. The van der Waals surface area contributed by atoms with Crippen LogP contribution in [0.3, 0.4) is 0 Å². The molecule has 0 saturated carbocycles. The van der Waals surface area contributed by atoms with Crippen molar-refractivity contribution < 1.29 is 4.39 Å². The monoisotopic (exact) mass is 267 g/mol. The fourth-order valence-corrected chi connectivity index (χ4v) is 2.56. The van der Waals surface area contributed by atoms with Gasteiger partial charge in [0.1, 0.15) is 5.82 Å². The Morgan fingerprint density at radius 3 is 2.89 bits per heavy atom. The number of nitrogens with zero attached hydrogens (tertiary/aromatic N) is 3. The number of hydrogen-bond acceptors (Lipinski definition) is 5. The maximum absolute atomic E-state index is 13.5. The highest BCUT2D eigenvalue weighted by Gasteiger charge is 2.15. The summed E-state index contributed by atoms with van der Waals surface area (Å²) in [5.41, 5.74) is 3.55. The number of nitrogens with one attached hydrogen (secondary N) is 1. The van der Waals surface area contributed by atoms with Crippen LogP contribution in [0.1, 0.15) is 11.7 Å². The average Bonchev–Trinajstić information content (AvgIpc) is 2.79. The summed E-state index contributed by atoms with van der Waals surface area (Å²) in [5.74, 6) is 5.88. The van der Waals surface area contributed by atoms with Gasteiger partial charge in [0.05, 0.1) is 17.9 Å². The minimum atomic E-state index is -0.221. The fourth-order valence-electron chi connectivity index (χ4n) is 1.57. The van der Waals surface area contributed by atoms with Gasteiger partial charge in [0.2, 0.25) is 0 Å². The summed E-state index contributed by atoms with van der Waals surface area (Å²) < 4.78 is 15.1. The Bertz CT molecular complexity index is 516. The number of hydrazine groups is 1. The molecule has 1 aromatic heterocycles. The summed E-state index contributed by atoms with van der Waals surface area (Å²) in [5, 5.41) is 7.64. The molecule has 1 heterocycles. The topological polar surface area (TPSA) is 68.8 Å². The van der Waals surface area contributed by atoms with E-state index in [1.807, 2.05) is 6.07 Å². The second kappa shape index (κ2) is 5.94. The third kappa shape index (κ3) is 2.87. The predicted octanol–water partition coefficient (Wildman–Crippen LogP) is 1.25. The number of nitrogens with two attached hydrogens (primary N) is 1. The molecule has 7 heteroatoms. The normalized spacial score (nSPS) is 12.6. The third-order valence-corrected chi connectivity index (χ3v) is 3.69. The maximum atomic E-state index is 13.5. The summed E-state index contributed by atoms with van der Waals surface area (Å²) in [7, 11) is 1.79. The van der Waals surface area contributed by atoms with Gasteiger partial charge in [-0.2, -0.15) is 0 Å². The Morgan fingerprint density at radius 2 is 2.28 bits per heavy atom. The van der Waals surface area contributed by atoms with Gasteiger partial charge in [-0.1, -0.05) is 17.3 Å². The van der Waals surface area contributed by atoms with Crippen molar-refractivity contribution in [2.45, 2.75) is 10.9 Å². The van der Waals surface area contributed by atoms with Crippen molar-refractivity contribution in [3.63, 3.8) is 0 Å². The molecule has 96 valence electrons. The lowest BCUT2D eigenvalue weighted by Gasteiger charge is -2.15. The molecule has 0 fully saturated rings. The molecule has 0 amide bonds. The molecule has 1 aromatic carbocycles. The van der Waals surface area contributed by atoms with Crippen LogP contribution >= 0.6 is 11.8 Å². The SMILES string of the molecule is Cn1nncc1C(CSc1ccccc1F)NN. The Kier molecular flexibility index (Phi) is 4.29. The molecule has 5 nitrogen and oxygen atoms in total. The number of benzene rings is 1. The zero-order valence-corrected chi connectivity index (χ0v) is 10.7. The number of aromatic nitrogens is 3. The molecule has 2 rings (SSSR count). The van der Waals surface area contributed by atoms with E-state index in [1.165, 1.54) is 17.8 Å². The van der Waals surface area contributed by atoms with Gasteiger partial charge in [-0.05, 0) is 12.1 Å². The summed E-state index contributed by atoms with van der Waals surface area (Å²) in [4.78, 5) is 0.605. The largest absolute Gasteiger partial charge is 0.271 e. The molecular formula is C11H14FN5S. The average molecular weight is 267 g/mol. The molecule has 1 unspecified atom stereocenters. The van der Waals surface area contributed by atoms with Crippen LogP contribution in [0.5, 0.6) is 0 Å². The number of thioether (sulfide) groups is 1. The van der Waals surface area contributed by atoms with Gasteiger partial charge in [0.25, 0.3) is 0 Å². The van der Waals surface area contributed by atoms with Gasteiger partial charge in [0.15, 0.2) is 0 Å². The first kappa shape index (κ1) is 13.0. The Morgan fingerprint density at radius 1 is 1.50 bits per heavy atom. The highest BCUT2D eigenvalue weighted by atomic mass is 32.2. The van der Waals surface area contributed by atoms with Crippen LogP contribution in [0, 0.1) is 5.82 Å². The molecule has 0 aliphatic carbocycles. The first-order chi connectivity index (χ1) is 8.72.